The number of unbranched alkanes of at least 4 members (excludes halogenated alkanes) is 16. The third-order valence-corrected chi connectivity index (χ3v) is 21.8. The maximum absolute atomic E-state index is 6.90. The van der Waals surface area contributed by atoms with Gasteiger partial charge < -0.3 is 26.6 Å². The van der Waals surface area contributed by atoms with Crippen molar-refractivity contribution in [3.05, 3.63) is 0 Å². The maximum atomic E-state index is 6.90. The van der Waals surface area contributed by atoms with Crippen LogP contribution in [0.5, 0.6) is 0 Å². The average Bonchev–Trinajstić information content (AvgIpc) is 3.01. The summed E-state index contributed by atoms with van der Waals surface area (Å²) in [6.07, 6.45) is 25.5. The molecule has 0 fully saturated rings. The van der Waals surface area contributed by atoms with Gasteiger partial charge in [-0.1, -0.05) is 151 Å². The van der Waals surface area contributed by atoms with Crippen LogP contribution in [-0.4, -0.2) is 64.0 Å². The van der Waals surface area contributed by atoms with Crippen LogP contribution in [0.25, 0.3) is 0 Å². The lowest BCUT2D eigenvalue weighted by Gasteiger charge is -2.41. The molecular weight excluding hydrogens is 721 g/mol. The molecule has 314 valence electrons. The van der Waals surface area contributed by atoms with Gasteiger partial charge in [-0.25, -0.2) is 0 Å². The Kier molecular flexibility index (Phi) is 32.5. The average molecular weight is 811 g/mol. The van der Waals surface area contributed by atoms with Crippen LogP contribution in [0.3, 0.4) is 0 Å². The van der Waals surface area contributed by atoms with Crippen molar-refractivity contribution in [1.82, 2.24) is 0 Å². The van der Waals surface area contributed by atoms with Gasteiger partial charge in [-0.3, -0.25) is 0 Å². The summed E-state index contributed by atoms with van der Waals surface area (Å²) in [6.45, 7) is 30.0. The highest BCUT2D eigenvalue weighted by atomic mass is 33.1. The zero-order valence-electron chi connectivity index (χ0n) is 37.0. The van der Waals surface area contributed by atoms with Gasteiger partial charge in [0, 0.05) is 36.6 Å². The van der Waals surface area contributed by atoms with Crippen LogP contribution in [0.1, 0.15) is 225 Å². The highest BCUT2D eigenvalue weighted by Crippen LogP contribution is 2.46. The van der Waals surface area contributed by atoms with E-state index in [1.54, 1.807) is 0 Å². The van der Waals surface area contributed by atoms with E-state index in [1.807, 2.05) is 21.6 Å². The molecule has 0 aliphatic heterocycles. The zero-order valence-corrected chi connectivity index (χ0v) is 40.7. The first-order valence-corrected chi connectivity index (χ1v) is 27.9. The molecule has 0 spiro atoms. The lowest BCUT2D eigenvalue weighted by atomic mass is 10.1. The second kappa shape index (κ2) is 31.9. The normalized spacial score (nSPS) is 14.3. The molecule has 52 heavy (non-hydrogen) atoms. The van der Waals surface area contributed by atoms with Crippen molar-refractivity contribution in [2.45, 2.75) is 272 Å². The SMILES string of the molecule is CCCCCCCCCCCC(SSC(CCCCCCCCCCC)[Si](OC(C)C)(OC(C)C)OC(C)C)[Si](OC(C)C)(OC(C)C)OC(C)C. The summed E-state index contributed by atoms with van der Waals surface area (Å²) in [4.78, 5) is 0.174. The van der Waals surface area contributed by atoms with E-state index in [0.29, 0.717) is 0 Å². The molecule has 0 aromatic rings. The first-order valence-electron chi connectivity index (χ1n) is 22.0. The third kappa shape index (κ3) is 25.9. The van der Waals surface area contributed by atoms with Crippen LogP contribution in [0, 0.1) is 0 Å². The monoisotopic (exact) mass is 811 g/mol. The van der Waals surface area contributed by atoms with Gasteiger partial charge in [-0.05, 0) is 95.9 Å². The van der Waals surface area contributed by atoms with Crippen molar-refractivity contribution in [3.63, 3.8) is 0 Å². The fourth-order valence-electron chi connectivity index (χ4n) is 6.58. The lowest BCUT2D eigenvalue weighted by Crippen LogP contribution is -2.60. The smallest absolute Gasteiger partial charge is 0.370 e. The second-order valence-electron chi connectivity index (χ2n) is 16.6. The van der Waals surface area contributed by atoms with E-state index in [0.717, 1.165) is 25.7 Å². The standard InChI is InChI=1S/C42H90O6S2Si2/c1-15-17-19-21-23-25-27-29-31-33-41(51(43-35(3)4,44-36(5)6)45-37(7)8)49-50-42(34-32-30-28-26-24-22-20-18-16-2)52(46-38(9)10,47-39(11)12)48-40(13)14/h35-42H,15-34H2,1-14H3. The molecule has 0 bridgehead atoms. The Hall–Kier alpha value is 0.894. The number of rotatable bonds is 37. The van der Waals surface area contributed by atoms with Gasteiger partial charge >= 0.3 is 17.6 Å². The predicted molar refractivity (Wildman–Crippen MR) is 235 cm³/mol. The summed E-state index contributed by atoms with van der Waals surface area (Å²) in [7, 11) is -2.46. The molecule has 0 heterocycles. The topological polar surface area (TPSA) is 55.4 Å². The maximum Gasteiger partial charge on any atom is 0.516 e. The number of hydrogen-bond donors (Lipinski definition) is 0. The van der Waals surface area contributed by atoms with E-state index in [-0.39, 0.29) is 46.4 Å². The van der Waals surface area contributed by atoms with Gasteiger partial charge in [-0.15, -0.1) is 0 Å². The fraction of sp³-hybridized carbons (Fsp3) is 1.00. The molecule has 0 N–H and O–H groups in total. The molecule has 0 radical (unpaired) electrons. The van der Waals surface area contributed by atoms with E-state index in [2.05, 4.69) is 96.9 Å². The first kappa shape index (κ1) is 52.9. The van der Waals surface area contributed by atoms with Gasteiger partial charge in [0.05, 0.1) is 9.75 Å². The molecule has 0 amide bonds. The van der Waals surface area contributed by atoms with Crippen molar-refractivity contribution in [2.75, 3.05) is 0 Å². The highest BCUT2D eigenvalue weighted by molar-refractivity contribution is 8.77. The molecule has 6 nitrogen and oxygen atoms in total. The Morgan fingerprint density at radius 1 is 0.308 bits per heavy atom. The molecule has 0 aromatic carbocycles. The van der Waals surface area contributed by atoms with Gasteiger partial charge in [0.1, 0.15) is 0 Å². The van der Waals surface area contributed by atoms with Crippen molar-refractivity contribution in [3.8, 4) is 0 Å². The zero-order chi connectivity index (χ0) is 39.4. The Labute approximate surface area is 336 Å². The van der Waals surface area contributed by atoms with Crippen LogP contribution >= 0.6 is 21.6 Å². The Balaban J connectivity index is 6.45. The lowest BCUT2D eigenvalue weighted by molar-refractivity contribution is -0.000177. The molecular formula is C42H90O6S2Si2. The minimum Gasteiger partial charge on any atom is -0.370 e. The van der Waals surface area contributed by atoms with Gasteiger partial charge in [0.15, 0.2) is 0 Å². The Morgan fingerprint density at radius 2 is 0.500 bits per heavy atom. The van der Waals surface area contributed by atoms with Crippen LogP contribution in [0.4, 0.5) is 0 Å². The van der Waals surface area contributed by atoms with Crippen molar-refractivity contribution >= 4 is 39.2 Å². The predicted octanol–water partition coefficient (Wildman–Crippen LogP) is 14.5. The van der Waals surface area contributed by atoms with Crippen molar-refractivity contribution in [1.29, 1.82) is 0 Å². The van der Waals surface area contributed by atoms with E-state index in [4.69, 9.17) is 26.6 Å². The summed E-state index contributed by atoms with van der Waals surface area (Å²) in [6, 6.07) is 0. The van der Waals surface area contributed by atoms with Crippen LogP contribution in [-0.2, 0) is 26.6 Å². The molecule has 10 heteroatoms. The summed E-state index contributed by atoms with van der Waals surface area (Å²) in [5, 5.41) is 0. The Bertz CT molecular complexity index is 685. The fourth-order valence-corrected chi connectivity index (χ4v) is 20.1. The largest absolute Gasteiger partial charge is 0.516 e. The van der Waals surface area contributed by atoms with E-state index >= 15 is 0 Å². The Morgan fingerprint density at radius 3 is 0.692 bits per heavy atom. The third-order valence-electron chi connectivity index (χ3n) is 8.62. The number of hydrogen-bond acceptors (Lipinski definition) is 8. The highest BCUT2D eigenvalue weighted by Gasteiger charge is 2.56. The van der Waals surface area contributed by atoms with Crippen molar-refractivity contribution < 1.29 is 26.6 Å². The molecule has 0 aromatic heterocycles. The quantitative estimate of drug-likeness (QED) is 0.0349. The van der Waals surface area contributed by atoms with Gasteiger partial charge in [0.2, 0.25) is 0 Å². The molecule has 2 unspecified atom stereocenters. The molecule has 0 aliphatic rings. The second-order valence-corrected chi connectivity index (χ2v) is 25.3. The summed E-state index contributed by atoms with van der Waals surface area (Å²) < 4.78 is 41.4. The molecule has 0 saturated heterocycles. The minimum atomic E-state index is -3.15. The molecule has 0 saturated carbocycles. The van der Waals surface area contributed by atoms with E-state index in [9.17, 15) is 0 Å². The van der Waals surface area contributed by atoms with E-state index in [1.165, 1.54) is 103 Å². The van der Waals surface area contributed by atoms with E-state index < -0.39 is 17.6 Å². The summed E-state index contributed by atoms with van der Waals surface area (Å²) in [5.74, 6) is 0. The van der Waals surface area contributed by atoms with Crippen LogP contribution in [0.15, 0.2) is 0 Å². The van der Waals surface area contributed by atoms with Crippen LogP contribution in [0.2, 0.25) is 0 Å². The minimum absolute atomic E-state index is 0.00412. The van der Waals surface area contributed by atoms with Crippen molar-refractivity contribution in [2.24, 2.45) is 0 Å². The molecule has 2 atom stereocenters. The first-order chi connectivity index (χ1) is 24.6. The summed E-state index contributed by atoms with van der Waals surface area (Å²) >= 11 is 0. The molecule has 0 aliphatic carbocycles. The van der Waals surface area contributed by atoms with Crippen LogP contribution < -0.4 is 0 Å². The van der Waals surface area contributed by atoms with Gasteiger partial charge in [0.25, 0.3) is 0 Å². The molecule has 0 rings (SSSR count). The van der Waals surface area contributed by atoms with Gasteiger partial charge in [-0.2, -0.15) is 0 Å². The summed E-state index contributed by atoms with van der Waals surface area (Å²) in [5.41, 5.74) is 0.